The number of benzene rings is 6. The minimum Gasteiger partial charge on any atom is -0.455 e. The first kappa shape index (κ1) is 36.3. The number of fused-ring (bicyclic) bond motifs is 2. The van der Waals surface area contributed by atoms with E-state index in [9.17, 15) is 0 Å². The summed E-state index contributed by atoms with van der Waals surface area (Å²) in [6, 6.07) is 50.4. The lowest BCUT2D eigenvalue weighted by Crippen LogP contribution is -2.35. The van der Waals surface area contributed by atoms with Gasteiger partial charge in [0.1, 0.15) is 11.5 Å². The van der Waals surface area contributed by atoms with E-state index in [1.54, 1.807) is 0 Å². The first-order chi connectivity index (χ1) is 24.6. The Morgan fingerprint density at radius 2 is 0.769 bits per heavy atom. The van der Waals surface area contributed by atoms with Gasteiger partial charge >= 0.3 is 0 Å². The Hall–Kier alpha value is -4.02. The van der Waals surface area contributed by atoms with E-state index in [0.29, 0.717) is 0 Å². The van der Waals surface area contributed by atoms with Crippen molar-refractivity contribution in [3.05, 3.63) is 167 Å². The quantitative estimate of drug-likeness (QED) is 0.156. The molecule has 0 saturated carbocycles. The fraction of sp³-hybridized carbons (Fsp3) is 0.265. The molecular weight excluding hydrogens is 666 g/mol. The number of hydrogen-bond donors (Lipinski definition) is 0. The Balaban J connectivity index is 1.56. The molecule has 0 fully saturated rings. The van der Waals surface area contributed by atoms with Crippen molar-refractivity contribution in [2.45, 2.75) is 85.5 Å². The Bertz CT molecular complexity index is 2040. The molecule has 0 radical (unpaired) electrons. The molecule has 1 heterocycles. The van der Waals surface area contributed by atoms with Crippen LogP contribution < -0.4 is 36.6 Å². The van der Waals surface area contributed by atoms with Crippen LogP contribution in [-0.4, -0.2) is 0 Å². The summed E-state index contributed by atoms with van der Waals surface area (Å²) >= 11 is 0. The van der Waals surface area contributed by atoms with Crippen LogP contribution in [0.3, 0.4) is 0 Å². The highest BCUT2D eigenvalue weighted by Crippen LogP contribution is 2.54. The van der Waals surface area contributed by atoms with Crippen LogP contribution in [0.2, 0.25) is 0 Å². The van der Waals surface area contributed by atoms with Crippen molar-refractivity contribution in [2.75, 3.05) is 0 Å². The number of ether oxygens (including phenoxy) is 1. The zero-order valence-electron chi connectivity index (χ0n) is 32.5. The van der Waals surface area contributed by atoms with Crippen LogP contribution in [-0.2, 0) is 16.2 Å². The van der Waals surface area contributed by atoms with E-state index in [1.165, 1.54) is 65.2 Å². The van der Waals surface area contributed by atoms with Crippen molar-refractivity contribution in [2.24, 2.45) is 0 Å². The molecule has 0 spiro atoms. The molecule has 2 atom stereocenters. The molecule has 1 aliphatic heterocycles. The van der Waals surface area contributed by atoms with Crippen LogP contribution in [0.25, 0.3) is 0 Å². The lowest BCUT2D eigenvalue weighted by Gasteiger charge is -2.41. The topological polar surface area (TPSA) is 9.23 Å². The standard InChI is InChI=1S/C49H52OP2/c1-33-21-25-39(26-22-33)51(37-17-13-11-14-18-37)43-31-35(47(3,4)5)29-41-45(43)50-46-42(49(41,9)10)30-36(48(6,7)8)32-44(46)52(38-19-15-12-16-20-38)40-27-23-34(2)24-28-40/h11-32H,1-10H3. The maximum atomic E-state index is 7.64. The molecule has 7 rings (SSSR count). The molecule has 6 aromatic carbocycles. The Morgan fingerprint density at radius 3 is 1.10 bits per heavy atom. The Morgan fingerprint density at radius 1 is 0.442 bits per heavy atom. The third-order valence-electron chi connectivity index (χ3n) is 10.5. The van der Waals surface area contributed by atoms with Gasteiger partial charge in [-0.3, -0.25) is 0 Å². The molecule has 0 aromatic heterocycles. The number of rotatable bonds is 6. The van der Waals surface area contributed by atoms with Crippen molar-refractivity contribution in [3.8, 4) is 11.5 Å². The maximum Gasteiger partial charge on any atom is 0.139 e. The highest BCUT2D eigenvalue weighted by molar-refractivity contribution is 7.80. The lowest BCUT2D eigenvalue weighted by atomic mass is 9.72. The van der Waals surface area contributed by atoms with Gasteiger partial charge in [0.2, 0.25) is 0 Å². The third-order valence-corrected chi connectivity index (χ3v) is 15.4. The van der Waals surface area contributed by atoms with E-state index in [-0.39, 0.29) is 16.2 Å². The average molecular weight is 719 g/mol. The SMILES string of the molecule is Cc1ccc(P(c2ccccc2)c2cc(C(C)(C)C)cc3c2Oc2c(P(c4ccccc4)c4ccc(C)cc4)cc(C(C)(C)C)cc2C3(C)C)cc1. The molecule has 3 heteroatoms. The van der Waals surface area contributed by atoms with Crippen molar-refractivity contribution in [3.63, 3.8) is 0 Å². The summed E-state index contributed by atoms with van der Waals surface area (Å²) < 4.78 is 7.64. The molecule has 1 nitrogen and oxygen atoms in total. The van der Waals surface area contributed by atoms with E-state index in [1.807, 2.05) is 0 Å². The fourth-order valence-electron chi connectivity index (χ4n) is 7.21. The van der Waals surface area contributed by atoms with E-state index < -0.39 is 15.8 Å². The predicted molar refractivity (Wildman–Crippen MR) is 229 cm³/mol. The predicted octanol–water partition coefficient (Wildman–Crippen LogP) is 10.8. The van der Waals surface area contributed by atoms with E-state index in [2.05, 4.69) is 203 Å². The van der Waals surface area contributed by atoms with Gasteiger partial charge < -0.3 is 4.74 Å². The Kier molecular flexibility index (Phi) is 9.61. The Labute approximate surface area is 315 Å². The summed E-state index contributed by atoms with van der Waals surface area (Å²) in [7, 11) is -1.86. The molecule has 52 heavy (non-hydrogen) atoms. The summed E-state index contributed by atoms with van der Waals surface area (Å²) in [6.45, 7) is 23.2. The van der Waals surface area contributed by atoms with Gasteiger partial charge in [-0.1, -0.05) is 188 Å². The van der Waals surface area contributed by atoms with Crippen LogP contribution in [0.5, 0.6) is 11.5 Å². The van der Waals surface area contributed by atoms with Gasteiger partial charge in [-0.2, -0.15) is 0 Å². The minimum absolute atomic E-state index is 0.0450. The highest BCUT2D eigenvalue weighted by Gasteiger charge is 2.41. The lowest BCUT2D eigenvalue weighted by molar-refractivity contribution is 0.422. The second kappa shape index (κ2) is 13.8. The molecule has 0 aliphatic carbocycles. The van der Waals surface area contributed by atoms with E-state index in [4.69, 9.17) is 4.74 Å². The van der Waals surface area contributed by atoms with Gasteiger partial charge in [0.15, 0.2) is 0 Å². The highest BCUT2D eigenvalue weighted by atomic mass is 31.1. The minimum atomic E-state index is -0.928. The summed E-state index contributed by atoms with van der Waals surface area (Å²) in [4.78, 5) is 0. The molecule has 6 aromatic rings. The average Bonchev–Trinajstić information content (AvgIpc) is 3.10. The zero-order chi connectivity index (χ0) is 37.0. The van der Waals surface area contributed by atoms with Crippen LogP contribution >= 0.6 is 15.8 Å². The second-order valence-corrected chi connectivity index (χ2v) is 21.4. The molecule has 0 amide bonds. The van der Waals surface area contributed by atoms with Crippen molar-refractivity contribution in [1.29, 1.82) is 0 Å². The maximum absolute atomic E-state index is 7.64. The van der Waals surface area contributed by atoms with Gasteiger partial charge in [0.05, 0.1) is 0 Å². The van der Waals surface area contributed by atoms with Crippen molar-refractivity contribution < 1.29 is 4.74 Å². The van der Waals surface area contributed by atoms with Crippen molar-refractivity contribution in [1.82, 2.24) is 0 Å². The van der Waals surface area contributed by atoms with Gasteiger partial charge in [-0.15, -0.1) is 0 Å². The van der Waals surface area contributed by atoms with Crippen LogP contribution in [0.15, 0.2) is 133 Å². The zero-order valence-corrected chi connectivity index (χ0v) is 34.3. The van der Waals surface area contributed by atoms with Gasteiger partial charge in [0.25, 0.3) is 0 Å². The van der Waals surface area contributed by atoms with E-state index in [0.717, 1.165) is 11.5 Å². The van der Waals surface area contributed by atoms with Crippen LogP contribution in [0.1, 0.15) is 88.8 Å². The molecule has 0 bridgehead atoms. The molecule has 2 unspecified atom stereocenters. The number of hydrogen-bond acceptors (Lipinski definition) is 1. The van der Waals surface area contributed by atoms with Gasteiger partial charge in [-0.05, 0) is 85.0 Å². The summed E-state index contributed by atoms with van der Waals surface area (Å²) in [5, 5.41) is 7.91. The largest absolute Gasteiger partial charge is 0.455 e. The second-order valence-electron chi connectivity index (χ2n) is 17.0. The van der Waals surface area contributed by atoms with Gasteiger partial charge in [-0.25, -0.2) is 0 Å². The fourth-order valence-corrected chi connectivity index (χ4v) is 12.0. The first-order valence-electron chi connectivity index (χ1n) is 18.5. The first-order valence-corrected chi connectivity index (χ1v) is 21.2. The molecule has 264 valence electrons. The molecular formula is C49H52OP2. The summed E-state index contributed by atoms with van der Waals surface area (Å²) in [5.74, 6) is 2.05. The molecule has 1 aliphatic rings. The van der Waals surface area contributed by atoms with Gasteiger partial charge in [0, 0.05) is 27.2 Å². The molecule has 0 N–H and O–H groups in total. The third kappa shape index (κ3) is 6.92. The monoisotopic (exact) mass is 718 g/mol. The molecule has 0 saturated heterocycles. The normalized spacial score (nSPS) is 14.9. The van der Waals surface area contributed by atoms with Crippen LogP contribution in [0, 0.1) is 13.8 Å². The summed E-state index contributed by atoms with van der Waals surface area (Å²) in [6.07, 6.45) is 0. The van der Waals surface area contributed by atoms with E-state index >= 15 is 0 Å². The summed E-state index contributed by atoms with van der Waals surface area (Å²) in [5.41, 5.74) is 7.37. The smallest absolute Gasteiger partial charge is 0.139 e. The number of aryl methyl sites for hydroxylation is 2. The van der Waals surface area contributed by atoms with Crippen LogP contribution in [0.4, 0.5) is 0 Å². The van der Waals surface area contributed by atoms with Crippen molar-refractivity contribution >= 4 is 47.7 Å².